The van der Waals surface area contributed by atoms with Crippen LogP contribution < -0.4 is 4.74 Å². The van der Waals surface area contributed by atoms with Crippen molar-refractivity contribution in [3.63, 3.8) is 0 Å². The van der Waals surface area contributed by atoms with Gasteiger partial charge in [-0.3, -0.25) is 0 Å². The highest BCUT2D eigenvalue weighted by molar-refractivity contribution is 5.85. The Kier molecular flexibility index (Phi) is 5.01. The Balaban J connectivity index is 2.99. The van der Waals surface area contributed by atoms with Gasteiger partial charge < -0.3 is 9.84 Å². The lowest BCUT2D eigenvalue weighted by Gasteiger charge is -2.07. The van der Waals surface area contributed by atoms with Crippen molar-refractivity contribution in [1.29, 1.82) is 0 Å². The van der Waals surface area contributed by atoms with E-state index in [1.165, 1.54) is 0 Å². The lowest BCUT2D eigenvalue weighted by molar-refractivity contribution is -0.131. The molecule has 1 rings (SSSR count). The maximum absolute atomic E-state index is 10.4. The minimum Gasteiger partial charge on any atom is -0.496 e. The number of benzene rings is 1. The smallest absolute Gasteiger partial charge is 0.328 e. The molecule has 0 aliphatic heterocycles. The molecule has 0 amide bonds. The lowest BCUT2D eigenvalue weighted by atomic mass is 10.1. The van der Waals surface area contributed by atoms with Crippen LogP contribution in [-0.2, 0) is 11.2 Å². The number of rotatable bonds is 5. The highest BCUT2D eigenvalue weighted by atomic mass is 16.5. The number of methoxy groups -OCH3 is 1. The fourth-order valence-corrected chi connectivity index (χ4v) is 1.47. The molecule has 0 saturated heterocycles. The highest BCUT2D eigenvalue weighted by Gasteiger charge is 2.01. The molecule has 90 valence electrons. The average Bonchev–Trinajstić information content (AvgIpc) is 2.33. The first kappa shape index (κ1) is 13.0. The van der Waals surface area contributed by atoms with Gasteiger partial charge in [0.05, 0.1) is 7.11 Å². The maximum atomic E-state index is 10.4. The van der Waals surface area contributed by atoms with Crippen LogP contribution in [0.4, 0.5) is 0 Å². The number of hydrogen-bond acceptors (Lipinski definition) is 2. The summed E-state index contributed by atoms with van der Waals surface area (Å²) in [5, 5.41) is 8.56. The van der Waals surface area contributed by atoms with Gasteiger partial charge in [-0.1, -0.05) is 18.2 Å². The number of carbonyl (C=O) groups is 1. The Morgan fingerprint density at radius 1 is 1.47 bits per heavy atom. The molecule has 17 heavy (non-hydrogen) atoms. The van der Waals surface area contributed by atoms with Crippen molar-refractivity contribution in [1.82, 2.24) is 0 Å². The van der Waals surface area contributed by atoms with Gasteiger partial charge in [-0.15, -0.1) is 0 Å². The molecule has 0 fully saturated rings. The van der Waals surface area contributed by atoms with Crippen LogP contribution in [0.15, 0.2) is 36.4 Å². The van der Waals surface area contributed by atoms with E-state index < -0.39 is 5.97 Å². The topological polar surface area (TPSA) is 46.5 Å². The Morgan fingerprint density at radius 2 is 2.24 bits per heavy atom. The van der Waals surface area contributed by atoms with Crippen molar-refractivity contribution in [2.75, 3.05) is 7.11 Å². The molecule has 0 atom stereocenters. The Labute approximate surface area is 101 Å². The molecule has 0 heterocycles. The molecule has 0 aromatic heterocycles. The highest BCUT2D eigenvalue weighted by Crippen LogP contribution is 2.21. The molecular formula is C14H16O3. The monoisotopic (exact) mass is 232 g/mol. The molecular weight excluding hydrogens is 216 g/mol. The van der Waals surface area contributed by atoms with Crippen molar-refractivity contribution in [2.45, 2.75) is 13.3 Å². The molecule has 0 bridgehead atoms. The third-order valence-corrected chi connectivity index (χ3v) is 2.30. The molecule has 0 spiro atoms. The molecule has 1 aromatic rings. The van der Waals surface area contributed by atoms with Crippen LogP contribution in [0, 0.1) is 0 Å². The lowest BCUT2D eigenvalue weighted by Crippen LogP contribution is -1.92. The molecule has 1 aromatic carbocycles. The van der Waals surface area contributed by atoms with E-state index in [1.807, 2.05) is 37.3 Å². The first-order valence-corrected chi connectivity index (χ1v) is 5.36. The SMILES string of the molecule is CC=CCc1cc(/C=C/C(=O)O)ccc1OC. The van der Waals surface area contributed by atoms with Crippen LogP contribution in [0.1, 0.15) is 18.1 Å². The van der Waals surface area contributed by atoms with Gasteiger partial charge in [0.25, 0.3) is 0 Å². The molecule has 1 N–H and O–H groups in total. The van der Waals surface area contributed by atoms with Crippen molar-refractivity contribution < 1.29 is 14.6 Å². The summed E-state index contributed by atoms with van der Waals surface area (Å²) >= 11 is 0. The van der Waals surface area contributed by atoms with E-state index in [1.54, 1.807) is 13.2 Å². The van der Waals surface area contributed by atoms with Gasteiger partial charge in [0.15, 0.2) is 0 Å². The first-order valence-electron chi connectivity index (χ1n) is 5.36. The molecule has 0 aliphatic carbocycles. The summed E-state index contributed by atoms with van der Waals surface area (Å²) in [6.45, 7) is 1.96. The van der Waals surface area contributed by atoms with Crippen LogP contribution in [0.25, 0.3) is 6.08 Å². The number of carboxylic acids is 1. The van der Waals surface area contributed by atoms with Gasteiger partial charge in [-0.05, 0) is 42.7 Å². The standard InChI is InChI=1S/C14H16O3/c1-3-4-5-12-10-11(7-9-14(15)16)6-8-13(12)17-2/h3-4,6-10H,5H2,1-2H3,(H,15,16)/b4-3?,9-7+. The van der Waals surface area contributed by atoms with E-state index >= 15 is 0 Å². The molecule has 3 heteroatoms. The summed E-state index contributed by atoms with van der Waals surface area (Å²) in [4.78, 5) is 10.4. The fraction of sp³-hybridized carbons (Fsp3) is 0.214. The van der Waals surface area contributed by atoms with E-state index in [2.05, 4.69) is 0 Å². The Hall–Kier alpha value is -2.03. The minimum atomic E-state index is -0.948. The normalized spacial score (nSPS) is 11.2. The van der Waals surface area contributed by atoms with Gasteiger partial charge in [0.2, 0.25) is 0 Å². The number of hydrogen-bond donors (Lipinski definition) is 1. The second-order valence-corrected chi connectivity index (χ2v) is 3.52. The van der Waals surface area contributed by atoms with Gasteiger partial charge in [-0.2, -0.15) is 0 Å². The second kappa shape index (κ2) is 6.53. The predicted molar refractivity (Wildman–Crippen MR) is 68.2 cm³/mol. The number of aliphatic carboxylic acids is 1. The third-order valence-electron chi connectivity index (χ3n) is 2.30. The van der Waals surface area contributed by atoms with E-state index in [4.69, 9.17) is 9.84 Å². The number of carboxylic acid groups (broad SMARTS) is 1. The molecule has 0 aliphatic rings. The zero-order valence-electron chi connectivity index (χ0n) is 10.0. The molecule has 0 unspecified atom stereocenters. The quantitative estimate of drug-likeness (QED) is 0.627. The van der Waals surface area contributed by atoms with Crippen molar-refractivity contribution in [2.24, 2.45) is 0 Å². The van der Waals surface area contributed by atoms with Crippen LogP contribution in [0.5, 0.6) is 5.75 Å². The van der Waals surface area contributed by atoms with Crippen molar-refractivity contribution in [3.8, 4) is 5.75 Å². The van der Waals surface area contributed by atoms with Crippen LogP contribution in [0.3, 0.4) is 0 Å². The van der Waals surface area contributed by atoms with Crippen LogP contribution >= 0.6 is 0 Å². The zero-order chi connectivity index (χ0) is 12.7. The summed E-state index contributed by atoms with van der Waals surface area (Å²) in [6.07, 6.45) is 7.47. The molecule has 0 radical (unpaired) electrons. The summed E-state index contributed by atoms with van der Waals surface area (Å²) < 4.78 is 5.25. The second-order valence-electron chi connectivity index (χ2n) is 3.52. The number of allylic oxidation sites excluding steroid dienone is 2. The summed E-state index contributed by atoms with van der Waals surface area (Å²) in [6, 6.07) is 5.61. The first-order chi connectivity index (χ1) is 8.17. The van der Waals surface area contributed by atoms with Crippen molar-refractivity contribution >= 4 is 12.0 Å². The van der Waals surface area contributed by atoms with E-state index in [9.17, 15) is 4.79 Å². The van der Waals surface area contributed by atoms with E-state index in [0.717, 1.165) is 29.4 Å². The largest absolute Gasteiger partial charge is 0.496 e. The Morgan fingerprint density at radius 3 is 2.82 bits per heavy atom. The maximum Gasteiger partial charge on any atom is 0.328 e. The average molecular weight is 232 g/mol. The van der Waals surface area contributed by atoms with E-state index in [-0.39, 0.29) is 0 Å². The summed E-state index contributed by atoms with van der Waals surface area (Å²) in [5.74, 6) is -0.133. The predicted octanol–water partition coefficient (Wildman–Crippen LogP) is 2.91. The van der Waals surface area contributed by atoms with Gasteiger partial charge in [-0.25, -0.2) is 4.79 Å². The fourth-order valence-electron chi connectivity index (χ4n) is 1.47. The molecule has 0 saturated carbocycles. The van der Waals surface area contributed by atoms with Crippen LogP contribution in [-0.4, -0.2) is 18.2 Å². The van der Waals surface area contributed by atoms with Gasteiger partial charge in [0.1, 0.15) is 5.75 Å². The number of ether oxygens (including phenoxy) is 1. The summed E-state index contributed by atoms with van der Waals surface area (Å²) in [5.41, 5.74) is 1.89. The van der Waals surface area contributed by atoms with Gasteiger partial charge >= 0.3 is 5.97 Å². The van der Waals surface area contributed by atoms with Crippen LogP contribution in [0.2, 0.25) is 0 Å². The van der Waals surface area contributed by atoms with Gasteiger partial charge in [0, 0.05) is 6.08 Å². The van der Waals surface area contributed by atoms with Crippen molar-refractivity contribution in [3.05, 3.63) is 47.6 Å². The Bertz CT molecular complexity index is 445. The minimum absolute atomic E-state index is 0.772. The zero-order valence-corrected chi connectivity index (χ0v) is 10.0. The summed E-state index contributed by atoms with van der Waals surface area (Å²) in [7, 11) is 1.63. The molecule has 3 nitrogen and oxygen atoms in total. The third kappa shape index (κ3) is 4.15. The van der Waals surface area contributed by atoms with E-state index in [0.29, 0.717) is 0 Å².